The van der Waals surface area contributed by atoms with Crippen LogP contribution in [0.5, 0.6) is 11.5 Å². The number of carbonyl (C=O) groups excluding carboxylic acids is 1. The van der Waals surface area contributed by atoms with Crippen molar-refractivity contribution in [1.29, 1.82) is 0 Å². The highest BCUT2D eigenvalue weighted by atomic mass is 32.2. The molecule has 1 aromatic heterocycles. The van der Waals surface area contributed by atoms with Gasteiger partial charge in [-0.05, 0) is 47.0 Å². The van der Waals surface area contributed by atoms with E-state index in [0.717, 1.165) is 27.6 Å². The molecular weight excluding hydrogens is 462 g/mol. The van der Waals surface area contributed by atoms with Gasteiger partial charge >= 0.3 is 0 Å². The summed E-state index contributed by atoms with van der Waals surface area (Å²) >= 11 is 1.58. The Hall–Kier alpha value is -4.11. The van der Waals surface area contributed by atoms with Crippen LogP contribution in [0.2, 0.25) is 0 Å². The van der Waals surface area contributed by atoms with Crippen molar-refractivity contribution < 1.29 is 14.3 Å². The molecule has 4 rings (SSSR count). The number of methoxy groups -OCH3 is 1. The SMILES string of the molecule is COc1cc(C=NNC(=O)c2ccc(CSc3nncn3C)cc2)ccc1OCc1ccccc1. The van der Waals surface area contributed by atoms with Gasteiger partial charge in [0.2, 0.25) is 0 Å². The van der Waals surface area contributed by atoms with E-state index in [1.165, 1.54) is 0 Å². The minimum absolute atomic E-state index is 0.288. The minimum Gasteiger partial charge on any atom is -0.493 e. The van der Waals surface area contributed by atoms with E-state index in [9.17, 15) is 4.79 Å². The Kier molecular flexibility index (Phi) is 8.13. The average Bonchev–Trinajstić information content (AvgIpc) is 3.31. The lowest BCUT2D eigenvalue weighted by Gasteiger charge is -2.11. The van der Waals surface area contributed by atoms with Gasteiger partial charge in [0.1, 0.15) is 12.9 Å². The molecule has 0 bridgehead atoms. The van der Waals surface area contributed by atoms with E-state index < -0.39 is 0 Å². The van der Waals surface area contributed by atoms with E-state index in [1.807, 2.05) is 66.2 Å². The normalized spacial score (nSPS) is 10.9. The predicted octanol–water partition coefficient (Wildman–Crippen LogP) is 4.46. The molecule has 0 aliphatic carbocycles. The first-order valence-corrected chi connectivity index (χ1v) is 11.8. The number of nitrogens with one attached hydrogen (secondary N) is 1. The summed E-state index contributed by atoms with van der Waals surface area (Å²) in [5, 5.41) is 12.8. The van der Waals surface area contributed by atoms with Crippen LogP contribution in [0.4, 0.5) is 0 Å². The molecule has 0 spiro atoms. The van der Waals surface area contributed by atoms with Gasteiger partial charge in [0.25, 0.3) is 5.91 Å². The van der Waals surface area contributed by atoms with Gasteiger partial charge in [-0.15, -0.1) is 10.2 Å². The molecule has 8 nitrogen and oxygen atoms in total. The van der Waals surface area contributed by atoms with Gasteiger partial charge in [-0.1, -0.05) is 54.2 Å². The molecule has 1 N–H and O–H groups in total. The van der Waals surface area contributed by atoms with E-state index in [0.29, 0.717) is 23.7 Å². The second kappa shape index (κ2) is 11.8. The fraction of sp³-hybridized carbons (Fsp3) is 0.154. The van der Waals surface area contributed by atoms with Crippen LogP contribution in [-0.2, 0) is 19.4 Å². The van der Waals surface area contributed by atoms with Crippen LogP contribution in [0.3, 0.4) is 0 Å². The van der Waals surface area contributed by atoms with Crippen LogP contribution in [-0.4, -0.2) is 34.0 Å². The van der Waals surface area contributed by atoms with E-state index in [4.69, 9.17) is 9.47 Å². The van der Waals surface area contributed by atoms with E-state index in [1.54, 1.807) is 49.6 Å². The zero-order valence-electron chi connectivity index (χ0n) is 19.4. The lowest BCUT2D eigenvalue weighted by molar-refractivity contribution is 0.0955. The maximum Gasteiger partial charge on any atom is 0.271 e. The number of ether oxygens (including phenoxy) is 2. The van der Waals surface area contributed by atoms with E-state index in [2.05, 4.69) is 20.7 Å². The van der Waals surface area contributed by atoms with Crippen molar-refractivity contribution in [2.24, 2.45) is 12.1 Å². The van der Waals surface area contributed by atoms with Crippen molar-refractivity contribution in [2.75, 3.05) is 7.11 Å². The lowest BCUT2D eigenvalue weighted by atomic mass is 10.1. The highest BCUT2D eigenvalue weighted by Crippen LogP contribution is 2.28. The third-order valence-corrected chi connectivity index (χ3v) is 6.16. The number of rotatable bonds is 10. The van der Waals surface area contributed by atoms with Crippen LogP contribution < -0.4 is 14.9 Å². The molecule has 0 saturated heterocycles. The first-order chi connectivity index (χ1) is 17.1. The molecule has 4 aromatic rings. The van der Waals surface area contributed by atoms with Crippen LogP contribution in [0, 0.1) is 0 Å². The third kappa shape index (κ3) is 6.70. The average molecular weight is 488 g/mol. The summed E-state index contributed by atoms with van der Waals surface area (Å²) in [6.45, 7) is 0.443. The topological polar surface area (TPSA) is 90.6 Å². The Balaban J connectivity index is 1.30. The molecule has 9 heteroatoms. The molecule has 0 aliphatic heterocycles. The Morgan fingerprint density at radius 3 is 2.57 bits per heavy atom. The number of thioether (sulfide) groups is 1. The van der Waals surface area contributed by atoms with Gasteiger partial charge in [0.15, 0.2) is 16.7 Å². The van der Waals surface area contributed by atoms with E-state index in [-0.39, 0.29) is 5.91 Å². The number of carbonyl (C=O) groups is 1. The summed E-state index contributed by atoms with van der Waals surface area (Å²) < 4.78 is 13.2. The number of benzene rings is 3. The number of aryl methyl sites for hydroxylation is 1. The zero-order chi connectivity index (χ0) is 24.5. The van der Waals surface area contributed by atoms with Crippen molar-refractivity contribution in [3.05, 3.63) is 101 Å². The maximum atomic E-state index is 12.4. The van der Waals surface area contributed by atoms with Gasteiger partial charge in [0, 0.05) is 18.4 Å². The first-order valence-electron chi connectivity index (χ1n) is 10.9. The Morgan fingerprint density at radius 1 is 1.06 bits per heavy atom. The fourth-order valence-corrected chi connectivity index (χ4v) is 4.00. The Bertz CT molecular complexity index is 1290. The number of aromatic nitrogens is 3. The largest absolute Gasteiger partial charge is 0.493 e. The number of nitrogens with zero attached hydrogens (tertiary/aromatic N) is 4. The molecule has 0 fully saturated rings. The maximum absolute atomic E-state index is 12.4. The number of amides is 1. The molecule has 1 heterocycles. The molecule has 35 heavy (non-hydrogen) atoms. The van der Waals surface area contributed by atoms with Crippen LogP contribution in [0.15, 0.2) is 89.4 Å². The molecule has 178 valence electrons. The standard InChI is InChI=1S/C26H25N5O3S/c1-31-18-28-30-26(31)35-17-20-8-11-22(12-9-20)25(32)29-27-15-21-10-13-23(24(14-21)33-2)34-16-19-6-4-3-5-7-19/h3-15,18H,16-17H2,1-2H3,(H,29,32). The highest BCUT2D eigenvalue weighted by molar-refractivity contribution is 7.98. The smallest absolute Gasteiger partial charge is 0.271 e. The predicted molar refractivity (Wildman–Crippen MR) is 136 cm³/mol. The summed E-state index contributed by atoms with van der Waals surface area (Å²) in [6.07, 6.45) is 3.23. The summed E-state index contributed by atoms with van der Waals surface area (Å²) in [6, 6.07) is 22.8. The van der Waals surface area contributed by atoms with Gasteiger partial charge in [-0.3, -0.25) is 4.79 Å². The van der Waals surface area contributed by atoms with Gasteiger partial charge < -0.3 is 14.0 Å². The van der Waals surface area contributed by atoms with Crippen molar-refractivity contribution in [1.82, 2.24) is 20.2 Å². The van der Waals surface area contributed by atoms with Crippen LogP contribution >= 0.6 is 11.8 Å². The minimum atomic E-state index is -0.288. The quantitative estimate of drug-likeness (QED) is 0.202. The van der Waals surface area contributed by atoms with Crippen LogP contribution in [0.1, 0.15) is 27.0 Å². The molecule has 0 radical (unpaired) electrons. The zero-order valence-corrected chi connectivity index (χ0v) is 20.2. The van der Waals surface area contributed by atoms with Gasteiger partial charge in [0.05, 0.1) is 13.3 Å². The van der Waals surface area contributed by atoms with E-state index >= 15 is 0 Å². The first kappa shape index (κ1) is 24.0. The number of hydrogen-bond donors (Lipinski definition) is 1. The molecule has 0 saturated carbocycles. The lowest BCUT2D eigenvalue weighted by Crippen LogP contribution is -2.17. The summed E-state index contributed by atoms with van der Waals surface area (Å²) in [5.41, 5.74) is 6.01. The molecule has 0 atom stereocenters. The van der Waals surface area contributed by atoms with Crippen molar-refractivity contribution in [3.8, 4) is 11.5 Å². The van der Waals surface area contributed by atoms with Gasteiger partial charge in [-0.2, -0.15) is 5.10 Å². The van der Waals surface area contributed by atoms with Crippen molar-refractivity contribution in [3.63, 3.8) is 0 Å². The highest BCUT2D eigenvalue weighted by Gasteiger charge is 2.08. The Morgan fingerprint density at radius 2 is 1.86 bits per heavy atom. The molecular formula is C26H25N5O3S. The third-order valence-electron chi connectivity index (χ3n) is 5.06. The number of hydrogen-bond acceptors (Lipinski definition) is 7. The summed E-state index contributed by atoms with van der Waals surface area (Å²) in [5.74, 6) is 1.67. The summed E-state index contributed by atoms with van der Waals surface area (Å²) in [4.78, 5) is 12.4. The molecule has 1 amide bonds. The molecule has 0 aliphatic rings. The molecule has 3 aromatic carbocycles. The van der Waals surface area contributed by atoms with Crippen molar-refractivity contribution in [2.45, 2.75) is 17.5 Å². The Labute approximate surface area is 208 Å². The second-order valence-electron chi connectivity index (χ2n) is 7.59. The van der Waals surface area contributed by atoms with Gasteiger partial charge in [-0.25, -0.2) is 5.43 Å². The molecule has 0 unspecified atom stereocenters. The second-order valence-corrected chi connectivity index (χ2v) is 8.54. The number of hydrazone groups is 1. The fourth-order valence-electron chi connectivity index (χ4n) is 3.15. The monoisotopic (exact) mass is 487 g/mol. The summed E-state index contributed by atoms with van der Waals surface area (Å²) in [7, 11) is 3.49. The van der Waals surface area contributed by atoms with Crippen LogP contribution in [0.25, 0.3) is 0 Å². The van der Waals surface area contributed by atoms with Crippen molar-refractivity contribution >= 4 is 23.9 Å².